The van der Waals surface area contributed by atoms with Crippen LogP contribution in [-0.4, -0.2) is 35.2 Å². The third-order valence-corrected chi connectivity index (χ3v) is 8.90. The molecule has 4 aromatic rings. The lowest BCUT2D eigenvalue weighted by Gasteiger charge is -2.42. The fourth-order valence-corrected chi connectivity index (χ4v) is 6.82. The lowest BCUT2D eigenvalue weighted by atomic mass is 9.63. The van der Waals surface area contributed by atoms with Crippen LogP contribution in [0.15, 0.2) is 47.4 Å². The highest BCUT2D eigenvalue weighted by atomic mass is 16.1. The van der Waals surface area contributed by atoms with Gasteiger partial charge in [0.15, 0.2) is 5.82 Å². The van der Waals surface area contributed by atoms with Gasteiger partial charge in [-0.3, -0.25) is 9.55 Å². The van der Waals surface area contributed by atoms with Crippen molar-refractivity contribution < 1.29 is 0 Å². The van der Waals surface area contributed by atoms with Crippen molar-refractivity contribution in [2.24, 2.45) is 23.7 Å². The second-order valence-corrected chi connectivity index (χ2v) is 12.1. The van der Waals surface area contributed by atoms with Gasteiger partial charge in [0.05, 0.1) is 12.2 Å². The Kier molecular flexibility index (Phi) is 8.62. The van der Waals surface area contributed by atoms with Gasteiger partial charge in [-0.1, -0.05) is 77.8 Å². The largest absolute Gasteiger partial charge is 0.326 e. The highest BCUT2D eigenvalue weighted by Gasteiger charge is 2.40. The van der Waals surface area contributed by atoms with Crippen molar-refractivity contribution in [1.29, 1.82) is 0 Å². The molecule has 8 heteroatoms. The van der Waals surface area contributed by atoms with E-state index in [-0.39, 0.29) is 5.69 Å². The van der Waals surface area contributed by atoms with E-state index in [4.69, 9.17) is 4.98 Å². The number of hydrogen-bond donors (Lipinski definition) is 2. The van der Waals surface area contributed by atoms with E-state index in [2.05, 4.69) is 66.3 Å². The molecule has 1 aliphatic rings. The molecule has 1 aliphatic carbocycles. The van der Waals surface area contributed by atoms with Gasteiger partial charge in [-0.25, -0.2) is 9.89 Å². The molecule has 212 valence electrons. The van der Waals surface area contributed by atoms with Crippen LogP contribution in [0.3, 0.4) is 0 Å². The summed E-state index contributed by atoms with van der Waals surface area (Å²) in [5, 5.41) is 14.4. The van der Waals surface area contributed by atoms with E-state index >= 15 is 0 Å². The lowest BCUT2D eigenvalue weighted by Crippen LogP contribution is -2.33. The minimum atomic E-state index is 0.00364. The summed E-state index contributed by atoms with van der Waals surface area (Å²) in [6.45, 7) is 12.1. The molecule has 0 amide bonds. The topological polar surface area (TPSA) is 105 Å². The Bertz CT molecular complexity index is 1420. The SMILES string of the molecule is CCCCc1c(C2C(C(C)C)CCCC2C(C)C)[nH]c(=O)n1Cc1ccc(-c2ccccc2-c2nnn[nH]2)nc1. The number of rotatable bonds is 10. The van der Waals surface area contributed by atoms with Crippen molar-refractivity contribution in [3.05, 3.63) is 70.0 Å². The first-order valence-electron chi connectivity index (χ1n) is 15.0. The van der Waals surface area contributed by atoms with Gasteiger partial charge in [-0.2, -0.15) is 0 Å². The zero-order chi connectivity index (χ0) is 28.2. The molecule has 1 saturated carbocycles. The highest BCUT2D eigenvalue weighted by Crippen LogP contribution is 2.48. The van der Waals surface area contributed by atoms with Gasteiger partial charge in [0, 0.05) is 34.6 Å². The monoisotopic (exact) mass is 541 g/mol. The zero-order valence-electron chi connectivity index (χ0n) is 24.5. The van der Waals surface area contributed by atoms with Crippen LogP contribution in [0.5, 0.6) is 0 Å². The Morgan fingerprint density at radius 2 is 1.73 bits per heavy atom. The summed E-state index contributed by atoms with van der Waals surface area (Å²) in [6.07, 6.45) is 8.74. The summed E-state index contributed by atoms with van der Waals surface area (Å²) in [5.74, 6) is 3.37. The van der Waals surface area contributed by atoms with Crippen molar-refractivity contribution in [3.63, 3.8) is 0 Å². The standard InChI is InChI=1S/C32H43N7O/c1-6-7-15-28-30(29-23(20(2)3)13-10-14-24(29)21(4)5)34-32(40)39(28)19-22-16-17-27(33-18-22)25-11-8-9-12-26(25)31-35-37-38-36-31/h8-9,11-12,16-18,20-21,23-24,29H,6-7,10,13-15,19H2,1-5H3,(H,34,40)(H,35,36,37,38). The third kappa shape index (κ3) is 5.67. The summed E-state index contributed by atoms with van der Waals surface area (Å²) < 4.78 is 1.99. The minimum Gasteiger partial charge on any atom is -0.309 e. The zero-order valence-corrected chi connectivity index (χ0v) is 24.5. The minimum absolute atomic E-state index is 0.00364. The second-order valence-electron chi connectivity index (χ2n) is 12.1. The van der Waals surface area contributed by atoms with Gasteiger partial charge in [0.2, 0.25) is 0 Å². The molecule has 0 spiro atoms. The molecule has 0 aliphatic heterocycles. The van der Waals surface area contributed by atoms with Crippen LogP contribution in [0, 0.1) is 23.7 Å². The number of H-pyrrole nitrogens is 2. The number of tetrazole rings is 1. The van der Waals surface area contributed by atoms with Crippen LogP contribution < -0.4 is 5.69 Å². The van der Waals surface area contributed by atoms with Gasteiger partial charge in [0.25, 0.3) is 0 Å². The summed E-state index contributed by atoms with van der Waals surface area (Å²) in [4.78, 5) is 21.8. The Hall–Kier alpha value is -3.55. The summed E-state index contributed by atoms with van der Waals surface area (Å²) in [6, 6.07) is 12.0. The molecule has 3 heterocycles. The van der Waals surface area contributed by atoms with Crippen molar-refractivity contribution in [1.82, 2.24) is 35.2 Å². The Balaban J connectivity index is 1.49. The molecule has 1 fully saturated rings. The fraction of sp³-hybridized carbons (Fsp3) is 0.531. The number of nitrogens with one attached hydrogen (secondary N) is 2. The van der Waals surface area contributed by atoms with E-state index in [0.717, 1.165) is 41.6 Å². The predicted octanol–water partition coefficient (Wildman–Crippen LogP) is 6.62. The Morgan fingerprint density at radius 1 is 1.00 bits per heavy atom. The second kappa shape index (κ2) is 12.3. The molecule has 1 aromatic carbocycles. The van der Waals surface area contributed by atoms with Gasteiger partial charge in [-0.15, -0.1) is 5.10 Å². The van der Waals surface area contributed by atoms with E-state index in [1.807, 2.05) is 41.1 Å². The summed E-state index contributed by atoms with van der Waals surface area (Å²) in [7, 11) is 0. The maximum absolute atomic E-state index is 13.6. The van der Waals surface area contributed by atoms with Gasteiger partial charge in [0.1, 0.15) is 0 Å². The van der Waals surface area contributed by atoms with Crippen LogP contribution in [-0.2, 0) is 13.0 Å². The number of aromatic nitrogens is 7. The predicted molar refractivity (Wildman–Crippen MR) is 159 cm³/mol. The van der Waals surface area contributed by atoms with Crippen molar-refractivity contribution in [3.8, 4) is 22.6 Å². The molecule has 8 nitrogen and oxygen atoms in total. The maximum Gasteiger partial charge on any atom is 0.326 e. The van der Waals surface area contributed by atoms with Crippen molar-refractivity contribution in [2.45, 2.75) is 85.6 Å². The Morgan fingerprint density at radius 3 is 2.33 bits per heavy atom. The number of hydrogen-bond acceptors (Lipinski definition) is 5. The van der Waals surface area contributed by atoms with E-state index in [1.165, 1.54) is 30.7 Å². The third-order valence-electron chi connectivity index (χ3n) is 8.90. The number of pyridine rings is 1. The average Bonchev–Trinajstić information content (AvgIpc) is 3.60. The van der Waals surface area contributed by atoms with E-state index in [9.17, 15) is 4.79 Å². The van der Waals surface area contributed by atoms with Crippen molar-refractivity contribution in [2.75, 3.05) is 0 Å². The fourth-order valence-electron chi connectivity index (χ4n) is 6.82. The smallest absolute Gasteiger partial charge is 0.309 e. The number of nitrogens with zero attached hydrogens (tertiary/aromatic N) is 5. The first kappa shape index (κ1) is 28.0. The van der Waals surface area contributed by atoms with Gasteiger partial charge < -0.3 is 4.98 Å². The van der Waals surface area contributed by atoms with E-state index in [0.29, 0.717) is 42.0 Å². The van der Waals surface area contributed by atoms with Crippen LogP contribution in [0.25, 0.3) is 22.6 Å². The quantitative estimate of drug-likeness (QED) is 0.235. The van der Waals surface area contributed by atoms with Gasteiger partial charge in [-0.05, 0) is 71.4 Å². The average molecular weight is 542 g/mol. The highest BCUT2D eigenvalue weighted by molar-refractivity contribution is 5.78. The maximum atomic E-state index is 13.6. The molecule has 2 atom stereocenters. The molecule has 0 radical (unpaired) electrons. The summed E-state index contributed by atoms with van der Waals surface area (Å²) in [5.41, 5.74) is 6.10. The lowest BCUT2D eigenvalue weighted by molar-refractivity contribution is 0.134. The number of aromatic amines is 2. The molecule has 2 N–H and O–H groups in total. The van der Waals surface area contributed by atoms with Crippen LogP contribution in [0.1, 0.15) is 89.6 Å². The molecular formula is C32H43N7O. The van der Waals surface area contributed by atoms with E-state index < -0.39 is 0 Å². The summed E-state index contributed by atoms with van der Waals surface area (Å²) >= 11 is 0. The molecule has 0 bridgehead atoms. The molecule has 5 rings (SSSR count). The van der Waals surface area contributed by atoms with Crippen molar-refractivity contribution >= 4 is 0 Å². The first-order chi connectivity index (χ1) is 19.4. The Labute approximate surface area is 237 Å². The van der Waals surface area contributed by atoms with Gasteiger partial charge >= 0.3 is 5.69 Å². The van der Waals surface area contributed by atoms with Crippen LogP contribution in [0.2, 0.25) is 0 Å². The molecular weight excluding hydrogens is 498 g/mol. The van der Waals surface area contributed by atoms with Crippen LogP contribution in [0.4, 0.5) is 0 Å². The molecule has 40 heavy (non-hydrogen) atoms. The van der Waals surface area contributed by atoms with E-state index in [1.54, 1.807) is 0 Å². The number of unbranched alkanes of at least 4 members (excludes halogenated alkanes) is 1. The molecule has 2 unspecified atom stereocenters. The van der Waals surface area contributed by atoms with Crippen LogP contribution >= 0.6 is 0 Å². The number of imidazole rings is 1. The molecule has 3 aromatic heterocycles. The normalized spacial score (nSPS) is 19.5. The first-order valence-corrected chi connectivity index (χ1v) is 15.0. The number of benzene rings is 1. The molecule has 0 saturated heterocycles.